The van der Waals surface area contributed by atoms with Gasteiger partial charge in [0.1, 0.15) is 0 Å². The van der Waals surface area contributed by atoms with Crippen LogP contribution in [-0.4, -0.2) is 73.7 Å². The minimum Gasteiger partial charge on any atom is -0.379 e. The number of hydrogen-bond acceptors (Lipinski definition) is 4. The lowest BCUT2D eigenvalue weighted by Gasteiger charge is -2.39. The zero-order chi connectivity index (χ0) is 16.8. The summed E-state index contributed by atoms with van der Waals surface area (Å²) in [5.74, 6) is 0.871. The molecule has 2 aliphatic heterocycles. The van der Waals surface area contributed by atoms with Gasteiger partial charge in [-0.25, -0.2) is 0 Å². The maximum Gasteiger partial charge on any atom is 0.234 e. The third-order valence-electron chi connectivity index (χ3n) is 6.13. The summed E-state index contributed by atoms with van der Waals surface area (Å²) in [6, 6.07) is 0.931. The molecular weight excluding hydrogens is 302 g/mol. The molecule has 138 valence electrons. The van der Waals surface area contributed by atoms with Crippen LogP contribution in [0, 0.1) is 5.92 Å². The average molecular weight is 338 g/mol. The maximum atomic E-state index is 12.6. The van der Waals surface area contributed by atoms with Crippen molar-refractivity contribution in [1.82, 2.24) is 15.1 Å². The largest absolute Gasteiger partial charge is 0.379 e. The van der Waals surface area contributed by atoms with Crippen molar-refractivity contribution in [3.63, 3.8) is 0 Å². The molecule has 2 saturated heterocycles. The standard InChI is InChI=1S/C19H35N3O2/c1-16-6-2-3-8-18(16)20-19(23)15-22-9-5-4-7-17(22)14-21-10-12-24-13-11-21/h16-18H,2-15H2,1H3,(H,20,23). The van der Waals surface area contributed by atoms with E-state index in [9.17, 15) is 4.79 Å². The molecular formula is C19H35N3O2. The molecule has 3 aliphatic rings. The molecule has 1 saturated carbocycles. The molecule has 5 heteroatoms. The van der Waals surface area contributed by atoms with Gasteiger partial charge in [-0.05, 0) is 38.1 Å². The van der Waals surface area contributed by atoms with Crippen LogP contribution in [0.2, 0.25) is 0 Å². The summed E-state index contributed by atoms with van der Waals surface area (Å²) in [5.41, 5.74) is 0. The molecule has 0 radical (unpaired) electrons. The Labute approximate surface area is 147 Å². The van der Waals surface area contributed by atoms with Crippen LogP contribution in [0.4, 0.5) is 0 Å². The zero-order valence-electron chi connectivity index (χ0n) is 15.3. The molecule has 3 unspecified atom stereocenters. The SMILES string of the molecule is CC1CCCCC1NC(=O)CN1CCCCC1CN1CCOCC1. The van der Waals surface area contributed by atoms with Crippen LogP contribution in [0.1, 0.15) is 51.9 Å². The number of piperidine rings is 1. The Morgan fingerprint density at radius 1 is 1.04 bits per heavy atom. The molecule has 0 aromatic rings. The Balaban J connectivity index is 1.48. The Morgan fingerprint density at radius 3 is 2.58 bits per heavy atom. The van der Waals surface area contributed by atoms with Gasteiger partial charge in [-0.3, -0.25) is 14.6 Å². The van der Waals surface area contributed by atoms with Gasteiger partial charge in [0.25, 0.3) is 0 Å². The predicted molar refractivity (Wildman–Crippen MR) is 96.0 cm³/mol. The summed E-state index contributed by atoms with van der Waals surface area (Å²) >= 11 is 0. The number of nitrogens with zero attached hydrogens (tertiary/aromatic N) is 2. The van der Waals surface area contributed by atoms with Gasteiger partial charge in [0.05, 0.1) is 19.8 Å². The number of carbonyl (C=O) groups is 1. The molecule has 5 nitrogen and oxygen atoms in total. The lowest BCUT2D eigenvalue weighted by Crippen LogP contribution is -2.53. The molecule has 0 bridgehead atoms. The van der Waals surface area contributed by atoms with Crippen LogP contribution in [0.3, 0.4) is 0 Å². The van der Waals surface area contributed by atoms with Crippen molar-refractivity contribution in [1.29, 1.82) is 0 Å². The van der Waals surface area contributed by atoms with Gasteiger partial charge in [0.2, 0.25) is 5.91 Å². The number of morpholine rings is 1. The third-order valence-corrected chi connectivity index (χ3v) is 6.13. The van der Waals surface area contributed by atoms with Gasteiger partial charge in [-0.1, -0.05) is 26.2 Å². The van der Waals surface area contributed by atoms with E-state index < -0.39 is 0 Å². The van der Waals surface area contributed by atoms with Gasteiger partial charge in [0.15, 0.2) is 0 Å². The molecule has 3 atom stereocenters. The fourth-order valence-corrected chi connectivity index (χ4v) is 4.52. The molecule has 3 rings (SSSR count). The summed E-state index contributed by atoms with van der Waals surface area (Å²) in [4.78, 5) is 17.5. The molecule has 2 heterocycles. The van der Waals surface area contributed by atoms with Crippen molar-refractivity contribution in [3.8, 4) is 0 Å². The van der Waals surface area contributed by atoms with Crippen LogP contribution in [0.15, 0.2) is 0 Å². The van der Waals surface area contributed by atoms with E-state index in [1.807, 2.05) is 0 Å². The number of likely N-dealkylation sites (tertiary alicyclic amines) is 1. The van der Waals surface area contributed by atoms with E-state index >= 15 is 0 Å². The van der Waals surface area contributed by atoms with E-state index in [-0.39, 0.29) is 5.91 Å². The summed E-state index contributed by atoms with van der Waals surface area (Å²) < 4.78 is 5.46. The van der Waals surface area contributed by atoms with Gasteiger partial charge < -0.3 is 10.1 Å². The number of rotatable bonds is 5. The van der Waals surface area contributed by atoms with Crippen LogP contribution in [-0.2, 0) is 9.53 Å². The van der Waals surface area contributed by atoms with E-state index in [1.165, 1.54) is 38.5 Å². The Kier molecular flexibility index (Phi) is 6.93. The van der Waals surface area contributed by atoms with E-state index in [0.29, 0.717) is 24.5 Å². The first-order chi connectivity index (χ1) is 11.7. The maximum absolute atomic E-state index is 12.6. The minimum absolute atomic E-state index is 0.239. The molecule has 24 heavy (non-hydrogen) atoms. The minimum atomic E-state index is 0.239. The molecule has 1 aliphatic carbocycles. The Morgan fingerprint density at radius 2 is 1.79 bits per heavy atom. The fourth-order valence-electron chi connectivity index (χ4n) is 4.52. The number of nitrogens with one attached hydrogen (secondary N) is 1. The summed E-state index contributed by atoms with van der Waals surface area (Å²) in [6.07, 6.45) is 8.75. The molecule has 3 fully saturated rings. The lowest BCUT2D eigenvalue weighted by molar-refractivity contribution is -0.124. The highest BCUT2D eigenvalue weighted by Gasteiger charge is 2.28. The first-order valence-electron chi connectivity index (χ1n) is 10.1. The number of carbonyl (C=O) groups excluding carboxylic acids is 1. The number of ether oxygens (including phenoxy) is 1. The van der Waals surface area contributed by atoms with E-state index in [4.69, 9.17) is 4.74 Å². The van der Waals surface area contributed by atoms with Gasteiger partial charge in [-0.2, -0.15) is 0 Å². The highest BCUT2D eigenvalue weighted by Crippen LogP contribution is 2.24. The van der Waals surface area contributed by atoms with Crippen molar-refractivity contribution in [3.05, 3.63) is 0 Å². The molecule has 0 spiro atoms. The van der Waals surface area contributed by atoms with Gasteiger partial charge in [0, 0.05) is 31.7 Å². The lowest BCUT2D eigenvalue weighted by atomic mass is 9.86. The van der Waals surface area contributed by atoms with E-state index in [0.717, 1.165) is 45.8 Å². The van der Waals surface area contributed by atoms with Gasteiger partial charge >= 0.3 is 0 Å². The Hall–Kier alpha value is -0.650. The quantitative estimate of drug-likeness (QED) is 0.832. The van der Waals surface area contributed by atoms with Crippen molar-refractivity contribution in [2.24, 2.45) is 5.92 Å². The monoisotopic (exact) mass is 337 g/mol. The first kappa shape index (κ1) is 18.2. The summed E-state index contributed by atoms with van der Waals surface area (Å²) in [5, 5.41) is 3.33. The van der Waals surface area contributed by atoms with Crippen molar-refractivity contribution < 1.29 is 9.53 Å². The van der Waals surface area contributed by atoms with Crippen molar-refractivity contribution in [2.75, 3.05) is 45.9 Å². The third kappa shape index (κ3) is 5.17. The summed E-state index contributed by atoms with van der Waals surface area (Å²) in [7, 11) is 0. The van der Waals surface area contributed by atoms with Crippen LogP contribution < -0.4 is 5.32 Å². The van der Waals surface area contributed by atoms with Crippen LogP contribution in [0.5, 0.6) is 0 Å². The van der Waals surface area contributed by atoms with Crippen molar-refractivity contribution >= 4 is 5.91 Å². The molecule has 1 N–H and O–H groups in total. The smallest absolute Gasteiger partial charge is 0.234 e. The fraction of sp³-hybridized carbons (Fsp3) is 0.947. The molecule has 1 amide bonds. The molecule has 0 aromatic heterocycles. The van der Waals surface area contributed by atoms with Crippen molar-refractivity contribution in [2.45, 2.75) is 64.0 Å². The second kappa shape index (κ2) is 9.16. The zero-order valence-corrected chi connectivity index (χ0v) is 15.3. The van der Waals surface area contributed by atoms with E-state index in [2.05, 4.69) is 22.0 Å². The average Bonchev–Trinajstić information content (AvgIpc) is 2.60. The van der Waals surface area contributed by atoms with Crippen LogP contribution in [0.25, 0.3) is 0 Å². The van der Waals surface area contributed by atoms with E-state index in [1.54, 1.807) is 0 Å². The molecule has 0 aromatic carbocycles. The topological polar surface area (TPSA) is 44.8 Å². The number of hydrogen-bond donors (Lipinski definition) is 1. The van der Waals surface area contributed by atoms with Crippen LogP contribution >= 0.6 is 0 Å². The second-order valence-electron chi connectivity index (χ2n) is 7.97. The normalized spacial score (nSPS) is 33.3. The second-order valence-corrected chi connectivity index (χ2v) is 7.97. The number of amides is 1. The highest BCUT2D eigenvalue weighted by molar-refractivity contribution is 5.78. The summed E-state index contributed by atoms with van der Waals surface area (Å²) in [6.45, 7) is 8.81. The highest BCUT2D eigenvalue weighted by atomic mass is 16.5. The Bertz CT molecular complexity index is 398. The van der Waals surface area contributed by atoms with Gasteiger partial charge in [-0.15, -0.1) is 0 Å². The first-order valence-corrected chi connectivity index (χ1v) is 10.1. The predicted octanol–water partition coefficient (Wildman–Crippen LogP) is 1.87.